The molecule has 0 bridgehead atoms. The van der Waals surface area contributed by atoms with Crippen molar-refractivity contribution in [3.63, 3.8) is 0 Å². The van der Waals surface area contributed by atoms with Gasteiger partial charge in [-0.05, 0) is 43.6 Å². The van der Waals surface area contributed by atoms with E-state index in [1.165, 1.54) is 0 Å². The Labute approximate surface area is 150 Å². The van der Waals surface area contributed by atoms with Gasteiger partial charge in [-0.15, -0.1) is 6.58 Å². The van der Waals surface area contributed by atoms with Gasteiger partial charge in [-0.2, -0.15) is 0 Å². The van der Waals surface area contributed by atoms with Crippen molar-refractivity contribution < 1.29 is 13.7 Å². The quantitative estimate of drug-likeness (QED) is 0.545. The molecule has 0 radical (unpaired) electrons. The fourth-order valence-electron chi connectivity index (χ4n) is 2.04. The Hall–Kier alpha value is -0.753. The highest BCUT2D eigenvalue weighted by molar-refractivity contribution is 7.85. The van der Waals surface area contributed by atoms with Crippen LogP contribution in [0.1, 0.15) is 32.8 Å². The highest BCUT2D eigenvalue weighted by atomic mass is 32.2. The van der Waals surface area contributed by atoms with Crippen LogP contribution >= 0.6 is 0 Å². The van der Waals surface area contributed by atoms with E-state index in [4.69, 9.17) is 4.43 Å². The van der Waals surface area contributed by atoms with Gasteiger partial charge in [-0.25, -0.2) is 0 Å². The van der Waals surface area contributed by atoms with Crippen molar-refractivity contribution in [2.75, 3.05) is 5.75 Å². The van der Waals surface area contributed by atoms with Gasteiger partial charge in [0, 0.05) is 4.90 Å². The van der Waals surface area contributed by atoms with Gasteiger partial charge < -0.3 is 9.53 Å². The van der Waals surface area contributed by atoms with E-state index in [0.717, 1.165) is 10.5 Å². The minimum absolute atomic E-state index is 0.0322. The number of hydrogen-bond acceptors (Lipinski definition) is 3. The van der Waals surface area contributed by atoms with Crippen molar-refractivity contribution in [2.45, 2.75) is 69.4 Å². The zero-order valence-corrected chi connectivity index (χ0v) is 17.7. The summed E-state index contributed by atoms with van der Waals surface area (Å²) in [5.41, 5.74) is 1.14. The Kier molecular flexibility index (Phi) is 7.60. The predicted octanol–water partition coefficient (Wildman–Crippen LogP) is 4.43. The Morgan fingerprint density at radius 1 is 1.29 bits per heavy atom. The molecule has 0 saturated heterocycles. The van der Waals surface area contributed by atoms with Gasteiger partial charge in [0.15, 0.2) is 8.32 Å². The summed E-state index contributed by atoms with van der Waals surface area (Å²) >= 11 is 0. The number of hydrogen-bond donors (Lipinski definition) is 1. The molecule has 3 atom stereocenters. The third-order valence-corrected chi connectivity index (χ3v) is 10.6. The minimum Gasteiger partial charge on any atom is -0.410 e. The van der Waals surface area contributed by atoms with E-state index in [2.05, 4.69) is 40.4 Å². The Morgan fingerprint density at radius 2 is 1.83 bits per heavy atom. The second kappa shape index (κ2) is 8.56. The van der Waals surface area contributed by atoms with Crippen molar-refractivity contribution in [2.24, 2.45) is 0 Å². The van der Waals surface area contributed by atoms with Crippen molar-refractivity contribution in [1.82, 2.24) is 0 Å². The van der Waals surface area contributed by atoms with Crippen LogP contribution < -0.4 is 0 Å². The Bertz CT molecular complexity index is 561. The van der Waals surface area contributed by atoms with Crippen LogP contribution in [0.4, 0.5) is 0 Å². The zero-order chi connectivity index (χ0) is 18.5. The van der Waals surface area contributed by atoms with E-state index in [9.17, 15) is 9.32 Å². The standard InChI is InChI=1S/C19H32O3SSi/c1-8-9-17(20)18(22-24(6,7)19(3,4)5)14-23(21)16-12-10-15(2)11-13-16/h8,10-13,17-18,20H,1,9,14H2,2-7H3/t17-,18-,23?/m1/s1. The molecule has 0 spiro atoms. The highest BCUT2D eigenvalue weighted by Crippen LogP contribution is 2.38. The van der Waals surface area contributed by atoms with Gasteiger partial charge in [-0.1, -0.05) is 44.5 Å². The first-order chi connectivity index (χ1) is 11.0. The third kappa shape index (κ3) is 5.95. The summed E-state index contributed by atoms with van der Waals surface area (Å²) in [6.07, 6.45) is 0.975. The van der Waals surface area contributed by atoms with Crippen LogP contribution in [0.15, 0.2) is 41.8 Å². The van der Waals surface area contributed by atoms with Crippen LogP contribution in [0.2, 0.25) is 18.1 Å². The number of aliphatic hydroxyl groups excluding tert-OH is 1. The SMILES string of the molecule is C=CC[C@@H](O)[C@@H](CS(=O)c1ccc(C)cc1)O[Si](C)(C)C(C)(C)C. The lowest BCUT2D eigenvalue weighted by atomic mass is 10.2. The molecule has 1 rings (SSSR count). The fourth-order valence-corrected chi connectivity index (χ4v) is 4.73. The summed E-state index contributed by atoms with van der Waals surface area (Å²) in [5.74, 6) is 0.296. The molecule has 0 aliphatic carbocycles. The number of aryl methyl sites for hydroxylation is 1. The second-order valence-corrected chi connectivity index (χ2v) is 14.1. The van der Waals surface area contributed by atoms with Crippen LogP contribution in [-0.4, -0.2) is 35.6 Å². The summed E-state index contributed by atoms with van der Waals surface area (Å²) in [6, 6.07) is 7.68. The summed E-state index contributed by atoms with van der Waals surface area (Å²) in [4.78, 5) is 0.773. The minimum atomic E-state index is -2.07. The topological polar surface area (TPSA) is 46.5 Å². The van der Waals surface area contributed by atoms with E-state index in [1.54, 1.807) is 6.08 Å². The molecule has 1 N–H and O–H groups in total. The van der Waals surface area contributed by atoms with Crippen LogP contribution in [0, 0.1) is 6.92 Å². The lowest BCUT2D eigenvalue weighted by molar-refractivity contribution is 0.0433. The third-order valence-electron chi connectivity index (χ3n) is 4.69. The summed E-state index contributed by atoms with van der Waals surface area (Å²) < 4.78 is 19.1. The molecule has 0 aliphatic rings. The lowest BCUT2D eigenvalue weighted by Crippen LogP contribution is -2.48. The zero-order valence-electron chi connectivity index (χ0n) is 15.8. The smallest absolute Gasteiger partial charge is 0.192 e. The van der Waals surface area contributed by atoms with Gasteiger partial charge in [0.05, 0.1) is 28.8 Å². The normalized spacial score (nSPS) is 16.5. The van der Waals surface area contributed by atoms with Gasteiger partial charge in [0.25, 0.3) is 0 Å². The van der Waals surface area contributed by atoms with Crippen LogP contribution in [-0.2, 0) is 15.2 Å². The van der Waals surface area contributed by atoms with Crippen LogP contribution in [0.5, 0.6) is 0 Å². The van der Waals surface area contributed by atoms with E-state index < -0.39 is 31.3 Å². The Morgan fingerprint density at radius 3 is 2.29 bits per heavy atom. The van der Waals surface area contributed by atoms with Crippen molar-refractivity contribution in [3.8, 4) is 0 Å². The summed E-state index contributed by atoms with van der Waals surface area (Å²) in [5, 5.41) is 10.5. The second-order valence-electron chi connectivity index (χ2n) is 7.83. The van der Waals surface area contributed by atoms with Gasteiger partial charge in [0.1, 0.15) is 0 Å². The van der Waals surface area contributed by atoms with Gasteiger partial charge in [-0.3, -0.25) is 4.21 Å². The first kappa shape index (κ1) is 21.3. The highest BCUT2D eigenvalue weighted by Gasteiger charge is 2.40. The number of benzene rings is 1. The van der Waals surface area contributed by atoms with E-state index >= 15 is 0 Å². The molecule has 1 aromatic rings. The molecular weight excluding hydrogens is 336 g/mol. The monoisotopic (exact) mass is 368 g/mol. The molecule has 0 saturated carbocycles. The molecule has 24 heavy (non-hydrogen) atoms. The van der Waals surface area contributed by atoms with Crippen LogP contribution in [0.3, 0.4) is 0 Å². The molecule has 3 nitrogen and oxygen atoms in total. The average Bonchev–Trinajstić information content (AvgIpc) is 2.46. The van der Waals surface area contributed by atoms with E-state index in [1.807, 2.05) is 31.2 Å². The van der Waals surface area contributed by atoms with Crippen molar-refractivity contribution in [3.05, 3.63) is 42.5 Å². The predicted molar refractivity (Wildman–Crippen MR) is 105 cm³/mol. The first-order valence-electron chi connectivity index (χ1n) is 8.40. The maximum atomic E-state index is 12.7. The molecule has 0 aliphatic heterocycles. The van der Waals surface area contributed by atoms with Crippen LogP contribution in [0.25, 0.3) is 0 Å². The molecule has 0 fully saturated rings. The molecule has 0 amide bonds. The largest absolute Gasteiger partial charge is 0.410 e. The first-order valence-corrected chi connectivity index (χ1v) is 12.6. The molecule has 1 aromatic carbocycles. The fraction of sp³-hybridized carbons (Fsp3) is 0.579. The lowest BCUT2D eigenvalue weighted by Gasteiger charge is -2.40. The average molecular weight is 369 g/mol. The molecule has 5 heteroatoms. The summed E-state index contributed by atoms with van der Waals surface area (Å²) in [7, 11) is -3.27. The maximum Gasteiger partial charge on any atom is 0.192 e. The van der Waals surface area contributed by atoms with Gasteiger partial charge >= 0.3 is 0 Å². The number of rotatable bonds is 8. The van der Waals surface area contributed by atoms with E-state index in [-0.39, 0.29) is 5.04 Å². The molecular formula is C19H32O3SSi. The molecule has 0 aromatic heterocycles. The van der Waals surface area contributed by atoms with Crippen molar-refractivity contribution in [1.29, 1.82) is 0 Å². The Balaban J connectivity index is 2.95. The van der Waals surface area contributed by atoms with Crippen molar-refractivity contribution >= 4 is 19.1 Å². The van der Waals surface area contributed by atoms with E-state index in [0.29, 0.717) is 12.2 Å². The van der Waals surface area contributed by atoms with Gasteiger partial charge in [0.2, 0.25) is 0 Å². The summed E-state index contributed by atoms with van der Waals surface area (Å²) in [6.45, 7) is 16.5. The molecule has 1 unspecified atom stereocenters. The number of aliphatic hydroxyl groups is 1. The molecule has 136 valence electrons. The maximum absolute atomic E-state index is 12.7. The molecule has 0 heterocycles.